The molecule has 0 aromatic rings. The minimum Gasteiger partial charge on any atom is -0.392 e. The number of nitrogens with two attached hydrogens (primary N) is 1. The maximum Gasteiger partial charge on any atom is 0.210 e. The molecule has 0 aromatic heterocycles. The van der Waals surface area contributed by atoms with Gasteiger partial charge in [0, 0.05) is 13.1 Å². The van der Waals surface area contributed by atoms with Gasteiger partial charge in [0.1, 0.15) is 0 Å². The SMILES string of the molecule is NS(=O)(=O)CCNCC(O)C1CC1. The van der Waals surface area contributed by atoms with Gasteiger partial charge in [0.2, 0.25) is 10.0 Å². The van der Waals surface area contributed by atoms with Crippen molar-refractivity contribution in [1.82, 2.24) is 5.32 Å². The number of aliphatic hydroxyl groups excluding tert-OH is 1. The monoisotopic (exact) mass is 208 g/mol. The third kappa shape index (κ3) is 5.20. The second-order valence-electron chi connectivity index (χ2n) is 3.48. The molecule has 0 aromatic carbocycles. The van der Waals surface area contributed by atoms with E-state index in [0.717, 1.165) is 12.8 Å². The summed E-state index contributed by atoms with van der Waals surface area (Å²) >= 11 is 0. The van der Waals surface area contributed by atoms with Gasteiger partial charge in [-0.2, -0.15) is 0 Å². The Kier molecular flexibility index (Phi) is 3.66. The lowest BCUT2D eigenvalue weighted by molar-refractivity contribution is 0.149. The highest BCUT2D eigenvalue weighted by atomic mass is 32.2. The minimum absolute atomic E-state index is 0.0790. The van der Waals surface area contributed by atoms with Gasteiger partial charge in [-0.3, -0.25) is 0 Å². The number of hydrogen-bond donors (Lipinski definition) is 3. The Morgan fingerprint density at radius 1 is 1.54 bits per heavy atom. The summed E-state index contributed by atoms with van der Waals surface area (Å²) in [5.74, 6) is 0.340. The number of aliphatic hydroxyl groups is 1. The molecule has 1 aliphatic rings. The van der Waals surface area contributed by atoms with Gasteiger partial charge >= 0.3 is 0 Å². The summed E-state index contributed by atoms with van der Waals surface area (Å²) in [5, 5.41) is 17.0. The van der Waals surface area contributed by atoms with E-state index in [2.05, 4.69) is 5.32 Å². The first-order valence-corrected chi connectivity index (χ1v) is 6.10. The summed E-state index contributed by atoms with van der Waals surface area (Å²) in [7, 11) is -3.37. The highest BCUT2D eigenvalue weighted by Crippen LogP contribution is 2.32. The summed E-state index contributed by atoms with van der Waals surface area (Å²) < 4.78 is 21.0. The molecule has 5 nitrogen and oxygen atoms in total. The van der Waals surface area contributed by atoms with Gasteiger partial charge in [0.05, 0.1) is 11.9 Å². The van der Waals surface area contributed by atoms with Crippen molar-refractivity contribution >= 4 is 10.0 Å². The summed E-state index contributed by atoms with van der Waals surface area (Å²) in [6.45, 7) is 0.767. The van der Waals surface area contributed by atoms with Gasteiger partial charge in [-0.1, -0.05) is 0 Å². The van der Waals surface area contributed by atoms with Gasteiger partial charge in [-0.05, 0) is 18.8 Å². The Morgan fingerprint density at radius 2 is 2.15 bits per heavy atom. The van der Waals surface area contributed by atoms with Crippen molar-refractivity contribution < 1.29 is 13.5 Å². The van der Waals surface area contributed by atoms with Gasteiger partial charge < -0.3 is 10.4 Å². The number of primary sulfonamides is 1. The Hall–Kier alpha value is -0.170. The molecule has 0 aliphatic heterocycles. The van der Waals surface area contributed by atoms with Gasteiger partial charge in [0.25, 0.3) is 0 Å². The smallest absolute Gasteiger partial charge is 0.210 e. The molecule has 13 heavy (non-hydrogen) atoms. The Bertz CT molecular complexity index is 248. The van der Waals surface area contributed by atoms with Gasteiger partial charge in [-0.15, -0.1) is 0 Å². The maximum atomic E-state index is 10.5. The van der Waals surface area contributed by atoms with Crippen molar-refractivity contribution in [3.05, 3.63) is 0 Å². The van der Waals surface area contributed by atoms with Crippen molar-refractivity contribution in [3.8, 4) is 0 Å². The van der Waals surface area contributed by atoms with Crippen LogP contribution in [0.2, 0.25) is 0 Å². The fourth-order valence-electron chi connectivity index (χ4n) is 1.11. The molecule has 1 atom stereocenters. The molecule has 0 amide bonds. The Balaban J connectivity index is 2.00. The fourth-order valence-corrected chi connectivity index (χ4v) is 1.54. The third-order valence-corrected chi connectivity index (χ3v) is 2.86. The van der Waals surface area contributed by atoms with E-state index < -0.39 is 10.0 Å². The fraction of sp³-hybridized carbons (Fsp3) is 1.00. The highest BCUT2D eigenvalue weighted by Gasteiger charge is 2.28. The number of sulfonamides is 1. The van der Waals surface area contributed by atoms with E-state index in [1.54, 1.807) is 0 Å². The first-order chi connectivity index (χ1) is 5.99. The van der Waals surface area contributed by atoms with Crippen LogP contribution < -0.4 is 10.5 Å². The maximum absolute atomic E-state index is 10.5. The van der Waals surface area contributed by atoms with Crippen LogP contribution in [0, 0.1) is 5.92 Å². The van der Waals surface area contributed by atoms with Crippen LogP contribution in [0.5, 0.6) is 0 Å². The van der Waals surface area contributed by atoms with E-state index in [-0.39, 0.29) is 11.9 Å². The van der Waals surface area contributed by atoms with Crippen LogP contribution >= 0.6 is 0 Å². The first-order valence-electron chi connectivity index (χ1n) is 4.38. The minimum atomic E-state index is -3.37. The molecule has 1 unspecified atom stereocenters. The molecule has 0 radical (unpaired) electrons. The van der Waals surface area contributed by atoms with Crippen LogP contribution in [0.15, 0.2) is 0 Å². The third-order valence-electron chi connectivity index (χ3n) is 2.08. The lowest BCUT2D eigenvalue weighted by atomic mass is 10.2. The van der Waals surface area contributed by atoms with E-state index in [1.165, 1.54) is 0 Å². The molecule has 78 valence electrons. The highest BCUT2D eigenvalue weighted by molar-refractivity contribution is 7.89. The number of hydrogen-bond acceptors (Lipinski definition) is 4. The molecule has 1 aliphatic carbocycles. The van der Waals surface area contributed by atoms with Gasteiger partial charge in [-0.25, -0.2) is 13.6 Å². The molecule has 6 heteroatoms. The molecule has 1 saturated carbocycles. The molecule has 0 heterocycles. The van der Waals surface area contributed by atoms with Crippen LogP contribution in [0.25, 0.3) is 0 Å². The zero-order valence-corrected chi connectivity index (χ0v) is 8.26. The quantitative estimate of drug-likeness (QED) is 0.470. The average Bonchev–Trinajstić information content (AvgIpc) is 2.77. The predicted molar refractivity (Wildman–Crippen MR) is 49.6 cm³/mol. The molecule has 0 bridgehead atoms. The van der Waals surface area contributed by atoms with Crippen molar-refractivity contribution in [1.29, 1.82) is 0 Å². The zero-order valence-electron chi connectivity index (χ0n) is 7.44. The van der Waals surface area contributed by atoms with E-state index in [0.29, 0.717) is 19.0 Å². The lowest BCUT2D eigenvalue weighted by Crippen LogP contribution is -2.33. The summed E-state index contributed by atoms with van der Waals surface area (Å²) in [4.78, 5) is 0. The van der Waals surface area contributed by atoms with Crippen molar-refractivity contribution in [2.24, 2.45) is 11.1 Å². The average molecular weight is 208 g/mol. The second kappa shape index (κ2) is 4.36. The molecule has 1 fully saturated rings. The van der Waals surface area contributed by atoms with E-state index in [4.69, 9.17) is 5.14 Å². The topological polar surface area (TPSA) is 92.4 Å². The van der Waals surface area contributed by atoms with E-state index >= 15 is 0 Å². The predicted octanol–water partition coefficient (Wildman–Crippen LogP) is -1.36. The van der Waals surface area contributed by atoms with E-state index in [9.17, 15) is 13.5 Å². The van der Waals surface area contributed by atoms with Crippen LogP contribution in [0.3, 0.4) is 0 Å². The molecular formula is C7H16N2O3S. The molecular weight excluding hydrogens is 192 g/mol. The van der Waals surface area contributed by atoms with Crippen molar-refractivity contribution in [2.75, 3.05) is 18.8 Å². The molecule has 0 spiro atoms. The number of nitrogens with one attached hydrogen (secondary N) is 1. The summed E-state index contributed by atoms with van der Waals surface area (Å²) in [6.07, 6.45) is 1.83. The van der Waals surface area contributed by atoms with Crippen LogP contribution in [0.4, 0.5) is 0 Å². The zero-order chi connectivity index (χ0) is 9.90. The van der Waals surface area contributed by atoms with E-state index in [1.807, 2.05) is 0 Å². The Labute approximate surface area is 78.4 Å². The Morgan fingerprint density at radius 3 is 2.62 bits per heavy atom. The molecule has 0 saturated heterocycles. The largest absolute Gasteiger partial charge is 0.392 e. The number of rotatable bonds is 6. The standard InChI is InChI=1S/C7H16N2O3S/c8-13(11,12)4-3-9-5-7(10)6-1-2-6/h6-7,9-10H,1-5H2,(H2,8,11,12). The first kappa shape index (κ1) is 10.9. The molecule has 1 rings (SSSR count). The van der Waals surface area contributed by atoms with Crippen LogP contribution in [0.1, 0.15) is 12.8 Å². The second-order valence-corrected chi connectivity index (χ2v) is 5.21. The summed E-state index contributed by atoms with van der Waals surface area (Å²) in [6, 6.07) is 0. The van der Waals surface area contributed by atoms with Crippen molar-refractivity contribution in [3.63, 3.8) is 0 Å². The summed E-state index contributed by atoms with van der Waals surface area (Å²) in [5.41, 5.74) is 0. The molecule has 4 N–H and O–H groups in total. The lowest BCUT2D eigenvalue weighted by Gasteiger charge is -2.09. The van der Waals surface area contributed by atoms with Crippen molar-refractivity contribution in [2.45, 2.75) is 18.9 Å². The van der Waals surface area contributed by atoms with Gasteiger partial charge in [0.15, 0.2) is 0 Å². The normalized spacial score (nSPS) is 20.2. The van der Waals surface area contributed by atoms with Crippen LogP contribution in [-0.2, 0) is 10.0 Å². The van der Waals surface area contributed by atoms with Crippen LogP contribution in [-0.4, -0.2) is 38.5 Å².